The molecular formula is C18H18N6O2. The number of likely N-dealkylation sites (tertiary alicyclic amines) is 1. The second-order valence-corrected chi connectivity index (χ2v) is 5.99. The lowest BCUT2D eigenvalue weighted by molar-refractivity contribution is -0.113. The highest BCUT2D eigenvalue weighted by Crippen LogP contribution is 2.21. The van der Waals surface area contributed by atoms with Gasteiger partial charge >= 0.3 is 0 Å². The molecule has 0 radical (unpaired) electrons. The molecule has 1 amide bonds. The fourth-order valence-electron chi connectivity index (χ4n) is 2.82. The van der Waals surface area contributed by atoms with Crippen molar-refractivity contribution in [2.75, 3.05) is 18.0 Å². The highest BCUT2D eigenvalue weighted by Gasteiger charge is 2.24. The Labute approximate surface area is 151 Å². The fraction of sp³-hybridized carbons (Fsp3) is 0.278. The minimum Gasteiger partial charge on any atom is -0.347 e. The summed E-state index contributed by atoms with van der Waals surface area (Å²) in [4.78, 5) is 35.9. The van der Waals surface area contributed by atoms with Crippen LogP contribution >= 0.6 is 0 Å². The molecule has 1 aromatic heterocycles. The monoisotopic (exact) mass is 350 g/mol. The molecule has 132 valence electrons. The van der Waals surface area contributed by atoms with Crippen molar-refractivity contribution in [3.05, 3.63) is 48.1 Å². The summed E-state index contributed by atoms with van der Waals surface area (Å²) in [6.07, 6.45) is 10.8. The zero-order chi connectivity index (χ0) is 18.5. The average Bonchev–Trinajstić information content (AvgIpc) is 2.95. The summed E-state index contributed by atoms with van der Waals surface area (Å²) >= 11 is 0. The van der Waals surface area contributed by atoms with E-state index in [1.165, 1.54) is 19.3 Å². The smallest absolute Gasteiger partial charge is 0.251 e. The second kappa shape index (κ2) is 7.61. The number of allylic oxidation sites excluding steroid dienone is 2. The van der Waals surface area contributed by atoms with Gasteiger partial charge in [0.25, 0.3) is 5.91 Å². The van der Waals surface area contributed by atoms with E-state index in [0.717, 1.165) is 6.42 Å². The third-order valence-corrected chi connectivity index (χ3v) is 4.14. The number of nitrogens with zero attached hydrogens (tertiary/aromatic N) is 5. The minimum atomic E-state index is -0.234. The molecule has 2 aliphatic rings. The summed E-state index contributed by atoms with van der Waals surface area (Å²) in [5, 5.41) is 11.8. The highest BCUT2D eigenvalue weighted by molar-refractivity contribution is 5.99. The Morgan fingerprint density at radius 3 is 3.00 bits per heavy atom. The molecule has 1 aromatic rings. The van der Waals surface area contributed by atoms with Crippen LogP contribution in [-0.2, 0) is 4.79 Å². The van der Waals surface area contributed by atoms with Crippen LogP contribution in [0, 0.1) is 11.5 Å². The van der Waals surface area contributed by atoms with Crippen LogP contribution in [0.5, 0.6) is 0 Å². The van der Waals surface area contributed by atoms with Crippen molar-refractivity contribution >= 4 is 23.7 Å². The number of Topliss-reactive ketones (excluding diaryl/α,β-unsaturated/α-hetero) is 1. The van der Waals surface area contributed by atoms with Gasteiger partial charge in [0.2, 0.25) is 0 Å². The Balaban J connectivity index is 1.79. The van der Waals surface area contributed by atoms with E-state index in [1.54, 1.807) is 40.4 Å². The molecule has 1 unspecified atom stereocenters. The first kappa shape index (κ1) is 17.4. The van der Waals surface area contributed by atoms with Gasteiger partial charge in [-0.05, 0) is 24.6 Å². The fourth-order valence-corrected chi connectivity index (χ4v) is 2.82. The maximum absolute atomic E-state index is 12.5. The number of aromatic nitrogens is 1. The molecule has 0 spiro atoms. The highest BCUT2D eigenvalue weighted by atomic mass is 16.1. The van der Waals surface area contributed by atoms with Crippen LogP contribution in [0.3, 0.4) is 0 Å². The lowest BCUT2D eigenvalue weighted by Crippen LogP contribution is -2.36. The van der Waals surface area contributed by atoms with Gasteiger partial charge in [-0.3, -0.25) is 19.5 Å². The molecule has 0 aliphatic carbocycles. The summed E-state index contributed by atoms with van der Waals surface area (Å²) in [5.41, 5.74) is 0.799. The number of carbonyl (C=O) groups excluding carboxylic acids is 2. The number of carbonyl (C=O) groups is 2. The van der Waals surface area contributed by atoms with Gasteiger partial charge in [-0.15, -0.1) is 0 Å². The van der Waals surface area contributed by atoms with Crippen LogP contribution in [0.25, 0.3) is 0 Å². The van der Waals surface area contributed by atoms with Gasteiger partial charge in [-0.1, -0.05) is 0 Å². The Morgan fingerprint density at radius 2 is 2.27 bits per heavy atom. The first-order valence-corrected chi connectivity index (χ1v) is 8.20. The number of nitriles is 1. The van der Waals surface area contributed by atoms with Crippen LogP contribution in [0.15, 0.2) is 47.5 Å². The summed E-state index contributed by atoms with van der Waals surface area (Å²) in [6.45, 7) is 2.61. The topological polar surface area (TPSA) is 102 Å². The number of pyridine rings is 1. The molecule has 0 bridgehead atoms. The van der Waals surface area contributed by atoms with Gasteiger partial charge in [0, 0.05) is 50.2 Å². The number of nitrogens with one attached hydrogen (secondary N) is 1. The zero-order valence-electron chi connectivity index (χ0n) is 14.3. The summed E-state index contributed by atoms with van der Waals surface area (Å²) in [5.74, 6) is 0.0562. The number of rotatable bonds is 4. The van der Waals surface area contributed by atoms with E-state index in [1.807, 2.05) is 0 Å². The van der Waals surface area contributed by atoms with Crippen molar-refractivity contribution < 1.29 is 9.59 Å². The van der Waals surface area contributed by atoms with Gasteiger partial charge in [0.1, 0.15) is 11.5 Å². The Kier molecular flexibility index (Phi) is 5.08. The van der Waals surface area contributed by atoms with E-state index < -0.39 is 0 Å². The molecule has 8 nitrogen and oxygen atoms in total. The third-order valence-electron chi connectivity index (χ3n) is 4.14. The molecule has 26 heavy (non-hydrogen) atoms. The molecule has 8 heteroatoms. The average molecular weight is 350 g/mol. The molecule has 3 rings (SSSR count). The van der Waals surface area contributed by atoms with Crippen molar-refractivity contribution in [2.45, 2.75) is 19.4 Å². The molecule has 2 aliphatic heterocycles. The van der Waals surface area contributed by atoms with Crippen molar-refractivity contribution in [1.29, 1.82) is 5.26 Å². The van der Waals surface area contributed by atoms with Crippen molar-refractivity contribution in [3.63, 3.8) is 0 Å². The maximum Gasteiger partial charge on any atom is 0.251 e. The van der Waals surface area contributed by atoms with Crippen LogP contribution in [0.4, 0.5) is 5.82 Å². The Morgan fingerprint density at radius 1 is 1.42 bits per heavy atom. The summed E-state index contributed by atoms with van der Waals surface area (Å²) < 4.78 is 0. The van der Waals surface area contributed by atoms with E-state index in [-0.39, 0.29) is 17.7 Å². The van der Waals surface area contributed by atoms with E-state index >= 15 is 0 Å². The largest absolute Gasteiger partial charge is 0.347 e. The standard InChI is InChI=1S/C18H18N6O2/c1-13(25)16-10-20-5-2-7-24(16)17-9-14(3-6-21-17)18(26)22-15-4-8-23(11-15)12-19/h2-3,5-7,9-10,15H,4,8,11H2,1H3,(H,22,26). The number of ketones is 1. The SMILES string of the molecule is CC(=O)C1=CN=CC=CN1c1cc(C(=O)NC2CCN(C#N)C2)ccn1. The van der Waals surface area contributed by atoms with E-state index in [0.29, 0.717) is 30.2 Å². The van der Waals surface area contributed by atoms with Crippen LogP contribution in [0.2, 0.25) is 0 Å². The van der Waals surface area contributed by atoms with Gasteiger partial charge in [-0.2, -0.15) is 5.26 Å². The lowest BCUT2D eigenvalue weighted by Gasteiger charge is -2.20. The number of anilines is 1. The Hall–Kier alpha value is -3.47. The van der Waals surface area contributed by atoms with Gasteiger partial charge in [0.15, 0.2) is 12.0 Å². The van der Waals surface area contributed by atoms with Crippen molar-refractivity contribution in [1.82, 2.24) is 15.2 Å². The maximum atomic E-state index is 12.5. The minimum absolute atomic E-state index is 0.0575. The number of aliphatic imine (C=N–C) groups is 1. The van der Waals surface area contributed by atoms with Crippen LogP contribution in [-0.4, -0.2) is 46.9 Å². The van der Waals surface area contributed by atoms with Crippen LogP contribution < -0.4 is 10.2 Å². The second-order valence-electron chi connectivity index (χ2n) is 5.99. The number of hydrogen-bond donors (Lipinski definition) is 1. The van der Waals surface area contributed by atoms with Crippen molar-refractivity contribution in [2.24, 2.45) is 4.99 Å². The molecule has 1 fully saturated rings. The lowest BCUT2D eigenvalue weighted by atomic mass is 10.2. The molecule has 1 atom stereocenters. The van der Waals surface area contributed by atoms with Gasteiger partial charge in [0.05, 0.1) is 6.20 Å². The molecule has 1 N–H and O–H groups in total. The zero-order valence-corrected chi connectivity index (χ0v) is 14.3. The predicted molar refractivity (Wildman–Crippen MR) is 96.2 cm³/mol. The number of amides is 1. The predicted octanol–water partition coefficient (Wildman–Crippen LogP) is 1.20. The molecular weight excluding hydrogens is 332 g/mol. The summed E-state index contributed by atoms with van der Waals surface area (Å²) in [6, 6.07) is 3.18. The third kappa shape index (κ3) is 3.78. The molecule has 3 heterocycles. The first-order valence-electron chi connectivity index (χ1n) is 8.20. The van der Waals surface area contributed by atoms with E-state index in [4.69, 9.17) is 5.26 Å². The van der Waals surface area contributed by atoms with E-state index in [2.05, 4.69) is 21.5 Å². The van der Waals surface area contributed by atoms with Crippen LogP contribution in [0.1, 0.15) is 23.7 Å². The van der Waals surface area contributed by atoms with Gasteiger partial charge in [-0.25, -0.2) is 4.98 Å². The number of hydrogen-bond acceptors (Lipinski definition) is 7. The molecule has 1 saturated heterocycles. The molecule has 0 aromatic carbocycles. The Bertz CT molecular complexity index is 851. The first-order chi connectivity index (χ1) is 12.6. The quantitative estimate of drug-likeness (QED) is 0.819. The normalized spacial score (nSPS) is 18.9. The van der Waals surface area contributed by atoms with Gasteiger partial charge < -0.3 is 10.2 Å². The van der Waals surface area contributed by atoms with E-state index in [9.17, 15) is 9.59 Å². The van der Waals surface area contributed by atoms with Crippen molar-refractivity contribution in [3.8, 4) is 6.19 Å². The summed E-state index contributed by atoms with van der Waals surface area (Å²) in [7, 11) is 0. The molecule has 0 saturated carbocycles.